The van der Waals surface area contributed by atoms with Crippen LogP contribution in [0.15, 0.2) is 0 Å². The number of hydrazone groups is 1. The lowest BCUT2D eigenvalue weighted by atomic mass is 11.7. The molecule has 0 saturated carbocycles. The number of isothiocyanates is 1. The van der Waals surface area contributed by atoms with Gasteiger partial charge in [-0.05, 0) is 0 Å². The van der Waals surface area contributed by atoms with Crippen molar-refractivity contribution in [1.29, 1.82) is 0 Å². The number of nitrogens with zero attached hydrogens (tertiary/aromatic N) is 1. The molecule has 0 rings (SSSR count). The van der Waals surface area contributed by atoms with E-state index in [0.29, 0.717) is 0 Å². The molecular formula is CH2N2S+. The van der Waals surface area contributed by atoms with Gasteiger partial charge in [0.1, 0.15) is 0 Å². The Labute approximate surface area is 29.3 Å². The van der Waals surface area contributed by atoms with E-state index in [2.05, 4.69) is 23.2 Å². The Hall–Kier alpha value is -0.400. The van der Waals surface area contributed by atoms with Gasteiger partial charge in [-0.1, -0.05) is 0 Å². The molecule has 0 aromatic rings. The molecule has 1 radical (unpaired) electrons. The van der Waals surface area contributed by atoms with Crippen molar-refractivity contribution in [3.8, 4) is 0 Å². The predicted octanol–water partition coefficient (Wildman–Crippen LogP) is -0.701. The molecule has 4 heavy (non-hydrogen) atoms. The molecule has 0 heterocycles. The highest BCUT2D eigenvalue weighted by Gasteiger charge is 1.50. The first-order chi connectivity index (χ1) is 1.91. The Bertz CT molecular complexity index is 44.0. The quantitative estimate of drug-likeness (QED) is 0.178. The lowest BCUT2D eigenvalue weighted by Gasteiger charge is -1.17. The van der Waals surface area contributed by atoms with Gasteiger partial charge in [-0.3, -0.25) is 0 Å². The zero-order chi connectivity index (χ0) is 3.41. The summed E-state index contributed by atoms with van der Waals surface area (Å²) in [6, 6.07) is 0. The van der Waals surface area contributed by atoms with Crippen LogP contribution in [0.1, 0.15) is 0 Å². The largest absolute Gasteiger partial charge is 0.366 e. The van der Waals surface area contributed by atoms with Gasteiger partial charge in [0.2, 0.25) is 5.10 Å². The van der Waals surface area contributed by atoms with E-state index in [1.807, 2.05) is 5.16 Å². The predicted molar refractivity (Wildman–Crippen MR) is 18.9 cm³/mol. The number of nitrogens with two attached hydrogens (primary N) is 1. The van der Waals surface area contributed by atoms with Crippen LogP contribution in [0.2, 0.25) is 0 Å². The van der Waals surface area contributed by atoms with Crippen LogP contribution in [0.3, 0.4) is 0 Å². The Balaban J connectivity index is 3.11. The fourth-order valence-electron chi connectivity index (χ4n) is 0. The fourth-order valence-corrected chi connectivity index (χ4v) is 0. The molecule has 2 nitrogen and oxygen atoms in total. The standard InChI is InChI=1S/CH2N2S/c2-3-1-4/h2H2/q+1. The lowest BCUT2D eigenvalue weighted by molar-refractivity contribution is 1.12. The summed E-state index contributed by atoms with van der Waals surface area (Å²) in [5.41, 5.74) is 0. The van der Waals surface area contributed by atoms with Gasteiger partial charge in [0.05, 0.1) is 12.2 Å². The molecular weight excluding hydrogens is 72.1 g/mol. The molecule has 0 aliphatic carbocycles. The third kappa shape index (κ3) is 1.60. The van der Waals surface area contributed by atoms with Crippen molar-refractivity contribution in [2.24, 2.45) is 5.84 Å². The highest BCUT2D eigenvalue weighted by molar-refractivity contribution is 7.78. The SMILES string of the molecule is N[N+]=C=S. The molecule has 0 saturated heterocycles. The molecule has 0 unspecified atom stereocenters. The minimum Gasteiger partial charge on any atom is -0.134 e. The highest BCUT2D eigenvalue weighted by Crippen LogP contribution is 1.15. The Morgan fingerprint density at radius 2 is 2.25 bits per heavy atom. The van der Waals surface area contributed by atoms with E-state index in [4.69, 9.17) is 0 Å². The van der Waals surface area contributed by atoms with Gasteiger partial charge in [-0.2, -0.15) is 0 Å². The number of rotatable bonds is 0. The summed E-state index contributed by atoms with van der Waals surface area (Å²) >= 11 is 4.01. The van der Waals surface area contributed by atoms with Gasteiger partial charge in [0.15, 0.2) is 0 Å². The van der Waals surface area contributed by atoms with Gasteiger partial charge < -0.3 is 0 Å². The van der Waals surface area contributed by atoms with Crippen LogP contribution in [0.4, 0.5) is 0 Å². The molecule has 0 spiro atoms. The maximum atomic E-state index is 4.44. The Morgan fingerprint density at radius 3 is 2.25 bits per heavy atom. The van der Waals surface area contributed by atoms with Gasteiger partial charge >= 0.3 is 5.16 Å². The third-order valence-corrected chi connectivity index (χ3v) is 0.158. The van der Waals surface area contributed by atoms with Crippen LogP contribution in [0.25, 0.3) is 0 Å². The minimum atomic E-state index is 1.92. The zero-order valence-corrected chi connectivity index (χ0v) is 2.75. The third-order valence-electron chi connectivity index (χ3n) is 0.0527. The van der Waals surface area contributed by atoms with Crippen LogP contribution < -0.4 is 10.9 Å². The Morgan fingerprint density at radius 1 is 2.00 bits per heavy atom. The van der Waals surface area contributed by atoms with Gasteiger partial charge in [0.25, 0.3) is 0 Å². The molecule has 0 aliphatic rings. The molecule has 0 aromatic carbocycles. The average Bonchev–Trinajstić information content (AvgIpc) is 1.37. The molecule has 3 heteroatoms. The number of hydrogen-bond donors (Lipinski definition) is 1. The molecule has 0 aromatic heterocycles. The first-order valence-corrected chi connectivity index (χ1v) is 1.09. The lowest BCUT2D eigenvalue weighted by Crippen LogP contribution is -1.93. The van der Waals surface area contributed by atoms with Crippen molar-refractivity contribution in [2.45, 2.75) is 0 Å². The van der Waals surface area contributed by atoms with Gasteiger partial charge in [0, 0.05) is 0 Å². The van der Waals surface area contributed by atoms with Gasteiger partial charge in [-0.25, -0.2) is 0 Å². The van der Waals surface area contributed by atoms with Crippen LogP contribution >= 0.6 is 12.2 Å². The van der Waals surface area contributed by atoms with Crippen molar-refractivity contribution in [3.05, 3.63) is 0 Å². The molecule has 0 bridgehead atoms. The molecule has 0 aliphatic heterocycles. The van der Waals surface area contributed by atoms with Crippen molar-refractivity contribution < 1.29 is 0 Å². The summed E-state index contributed by atoms with van der Waals surface area (Å²) in [7, 11) is 0. The van der Waals surface area contributed by atoms with E-state index in [1.165, 1.54) is 0 Å². The smallest absolute Gasteiger partial charge is 0.134 e. The normalized spacial score (nSPS) is 4.00. The van der Waals surface area contributed by atoms with Crippen LogP contribution in [0.5, 0.6) is 0 Å². The topological polar surface area (TPSA) is 40.1 Å². The zero-order valence-electron chi connectivity index (χ0n) is 1.93. The molecule has 0 amide bonds. The van der Waals surface area contributed by atoms with Crippen molar-refractivity contribution in [1.82, 2.24) is 5.10 Å². The second-order valence-electron chi connectivity index (χ2n) is 0.220. The summed E-state index contributed by atoms with van der Waals surface area (Å²) in [4.78, 5) is 0. The second-order valence-corrected chi connectivity index (χ2v) is 0.403. The molecule has 0 atom stereocenters. The van der Waals surface area contributed by atoms with E-state index in [-0.39, 0.29) is 0 Å². The van der Waals surface area contributed by atoms with Crippen LogP contribution in [-0.4, -0.2) is 5.16 Å². The van der Waals surface area contributed by atoms with Crippen molar-refractivity contribution >= 4 is 17.4 Å². The summed E-state index contributed by atoms with van der Waals surface area (Å²) in [6.07, 6.45) is 0. The average molecular weight is 74.1 g/mol. The Kier molecular flexibility index (Phi) is 2.34. The molecule has 2 N–H and O–H groups in total. The first-order valence-electron chi connectivity index (χ1n) is 0.686. The first kappa shape index (κ1) is 3.60. The van der Waals surface area contributed by atoms with Crippen molar-refractivity contribution in [3.63, 3.8) is 0 Å². The minimum absolute atomic E-state index is 1.92. The van der Waals surface area contributed by atoms with Crippen LogP contribution in [-0.2, 0) is 0 Å². The molecule has 21 valence electrons. The van der Waals surface area contributed by atoms with E-state index < -0.39 is 0 Å². The van der Waals surface area contributed by atoms with Crippen LogP contribution in [0, 0.1) is 0 Å². The summed E-state index contributed by atoms with van der Waals surface area (Å²) < 4.78 is 0. The van der Waals surface area contributed by atoms with E-state index in [0.717, 1.165) is 0 Å². The maximum absolute atomic E-state index is 4.44. The molecule has 0 fully saturated rings. The monoisotopic (exact) mass is 74.0 g/mol. The van der Waals surface area contributed by atoms with E-state index in [1.54, 1.807) is 0 Å². The fraction of sp³-hybridized carbons (Fsp3) is 0. The second kappa shape index (κ2) is 2.60. The number of thiocarbonyl (C=S) groups is 1. The highest BCUT2D eigenvalue weighted by atomic mass is 32.1. The van der Waals surface area contributed by atoms with Crippen molar-refractivity contribution in [2.75, 3.05) is 0 Å². The number of hydrogen-bond acceptors (Lipinski definition) is 3. The van der Waals surface area contributed by atoms with E-state index in [9.17, 15) is 0 Å². The summed E-state index contributed by atoms with van der Waals surface area (Å²) in [5.74, 6) is 4.44. The summed E-state index contributed by atoms with van der Waals surface area (Å²) in [6.45, 7) is 0. The maximum Gasteiger partial charge on any atom is 0.366 e. The summed E-state index contributed by atoms with van der Waals surface area (Å²) in [5, 5.41) is 4.72. The van der Waals surface area contributed by atoms with E-state index >= 15 is 0 Å². The van der Waals surface area contributed by atoms with Gasteiger partial charge in [-0.15, -0.1) is 5.84 Å².